The molecule has 0 radical (unpaired) electrons. The van der Waals surface area contributed by atoms with E-state index in [1.54, 1.807) is 6.92 Å². The molecule has 0 amide bonds. The van der Waals surface area contributed by atoms with E-state index in [0.29, 0.717) is 6.61 Å². The fraction of sp³-hybridized carbons (Fsp3) is 0.762. The van der Waals surface area contributed by atoms with E-state index >= 15 is 0 Å². The lowest BCUT2D eigenvalue weighted by Crippen LogP contribution is -2.07. The Morgan fingerprint density at radius 3 is 2.00 bits per heavy atom. The minimum Gasteiger partial charge on any atom is -0.489 e. The average molecular weight is 370 g/mol. The Kier molecular flexibility index (Phi) is 12.7. The van der Waals surface area contributed by atoms with Gasteiger partial charge < -0.3 is 14.5 Å². The van der Waals surface area contributed by atoms with Crippen LogP contribution in [-0.4, -0.2) is 24.2 Å². The first-order valence-corrected chi connectivity index (χ1v) is 10.4. The molecule has 26 heavy (non-hydrogen) atoms. The molecule has 0 aliphatic carbocycles. The highest BCUT2D eigenvalue weighted by Gasteiger charge is 2.19. The zero-order chi connectivity index (χ0) is 19.0. The number of aromatic nitrogens is 1. The van der Waals surface area contributed by atoms with Crippen molar-refractivity contribution >= 4 is 5.97 Å². The summed E-state index contributed by atoms with van der Waals surface area (Å²) in [6, 6.07) is 0. The van der Waals surface area contributed by atoms with Crippen LogP contribution < -0.4 is 4.74 Å². The number of carbonyl (C=O) groups is 1. The second-order valence-corrected chi connectivity index (χ2v) is 6.80. The Hall–Kier alpha value is -1.52. The second-order valence-electron chi connectivity index (χ2n) is 6.80. The van der Waals surface area contributed by atoms with Gasteiger partial charge in [0.05, 0.1) is 13.2 Å². The molecule has 1 N–H and O–H groups in total. The number of nitrogens with one attached hydrogen (secondary N) is 1. The number of H-pyrrole nitrogens is 1. The number of unbranched alkanes of at least 4 members (excludes halogenated alkanes) is 11. The molecule has 0 fully saturated rings. The van der Waals surface area contributed by atoms with Crippen molar-refractivity contribution in [3.63, 3.8) is 0 Å². The maximum atomic E-state index is 14.0. The topological polar surface area (TPSA) is 51.3 Å². The first kappa shape index (κ1) is 22.5. The monoisotopic (exact) mass is 369 g/mol. The SMILES string of the molecule is CCCCCCCCCCCCCCOc1c[nH]c(C(=O)OCC)c1F. The van der Waals surface area contributed by atoms with Crippen LogP contribution in [0.2, 0.25) is 0 Å². The van der Waals surface area contributed by atoms with Crippen LogP contribution in [0.5, 0.6) is 5.75 Å². The molecule has 0 aliphatic rings. The second kappa shape index (κ2) is 14.6. The number of halogens is 1. The third kappa shape index (κ3) is 9.25. The van der Waals surface area contributed by atoms with Gasteiger partial charge in [0.25, 0.3) is 0 Å². The van der Waals surface area contributed by atoms with Gasteiger partial charge in [0.15, 0.2) is 17.3 Å². The summed E-state index contributed by atoms with van der Waals surface area (Å²) in [7, 11) is 0. The molecule has 0 aromatic carbocycles. The summed E-state index contributed by atoms with van der Waals surface area (Å²) in [4.78, 5) is 14.1. The number of hydrogen-bond donors (Lipinski definition) is 1. The smallest absolute Gasteiger partial charge is 0.357 e. The van der Waals surface area contributed by atoms with Crippen molar-refractivity contribution in [1.82, 2.24) is 4.98 Å². The molecule has 0 unspecified atom stereocenters. The highest BCUT2D eigenvalue weighted by Crippen LogP contribution is 2.21. The molecule has 0 aliphatic heterocycles. The van der Waals surface area contributed by atoms with Crippen molar-refractivity contribution in [2.45, 2.75) is 90.9 Å². The molecule has 5 heteroatoms. The molecule has 0 saturated carbocycles. The molecule has 1 aromatic rings. The van der Waals surface area contributed by atoms with Crippen molar-refractivity contribution in [3.05, 3.63) is 17.7 Å². The van der Waals surface area contributed by atoms with Gasteiger partial charge in [0.1, 0.15) is 0 Å². The zero-order valence-electron chi connectivity index (χ0n) is 16.6. The average Bonchev–Trinajstić information content (AvgIpc) is 3.00. The standard InChI is InChI=1S/C21H36FNO3/c1-3-5-6-7-8-9-10-11-12-13-14-15-16-26-18-17-23-20(19(18)22)21(24)25-4-2/h17,23H,3-16H2,1-2H3. The highest BCUT2D eigenvalue weighted by atomic mass is 19.1. The van der Waals surface area contributed by atoms with Gasteiger partial charge in [-0.05, 0) is 13.3 Å². The van der Waals surface area contributed by atoms with E-state index in [2.05, 4.69) is 11.9 Å². The summed E-state index contributed by atoms with van der Waals surface area (Å²) in [5.41, 5.74) is -0.170. The van der Waals surface area contributed by atoms with Gasteiger partial charge in [-0.1, -0.05) is 77.6 Å². The molecule has 1 rings (SSSR count). The molecule has 0 spiro atoms. The molecule has 0 atom stereocenters. The summed E-state index contributed by atoms with van der Waals surface area (Å²) in [5, 5.41) is 0. The lowest BCUT2D eigenvalue weighted by atomic mass is 10.1. The summed E-state index contributed by atoms with van der Waals surface area (Å²) in [5.74, 6) is -1.26. The molecule has 150 valence electrons. The van der Waals surface area contributed by atoms with E-state index < -0.39 is 11.8 Å². The number of hydrogen-bond acceptors (Lipinski definition) is 3. The Morgan fingerprint density at radius 1 is 0.923 bits per heavy atom. The van der Waals surface area contributed by atoms with Crippen molar-refractivity contribution in [1.29, 1.82) is 0 Å². The van der Waals surface area contributed by atoms with E-state index in [0.717, 1.165) is 12.8 Å². The zero-order valence-corrected chi connectivity index (χ0v) is 16.6. The number of ether oxygens (including phenoxy) is 2. The van der Waals surface area contributed by atoms with Gasteiger partial charge >= 0.3 is 5.97 Å². The van der Waals surface area contributed by atoms with Crippen LogP contribution in [0.4, 0.5) is 4.39 Å². The maximum absolute atomic E-state index is 14.0. The predicted octanol–water partition coefficient (Wildman–Crippen LogP) is 6.41. The van der Waals surface area contributed by atoms with Gasteiger partial charge in [0.2, 0.25) is 0 Å². The van der Waals surface area contributed by atoms with E-state index in [4.69, 9.17) is 9.47 Å². The summed E-state index contributed by atoms with van der Waals surface area (Å²) >= 11 is 0. The van der Waals surface area contributed by atoms with E-state index in [-0.39, 0.29) is 18.1 Å². The number of esters is 1. The first-order valence-electron chi connectivity index (χ1n) is 10.4. The Labute approximate surface area is 157 Å². The fourth-order valence-corrected chi connectivity index (χ4v) is 2.97. The Morgan fingerprint density at radius 2 is 1.46 bits per heavy atom. The molecular weight excluding hydrogens is 333 g/mol. The predicted molar refractivity (Wildman–Crippen MR) is 103 cm³/mol. The molecule has 0 bridgehead atoms. The lowest BCUT2D eigenvalue weighted by molar-refractivity contribution is 0.0514. The fourth-order valence-electron chi connectivity index (χ4n) is 2.97. The molecule has 1 heterocycles. The van der Waals surface area contributed by atoms with Gasteiger partial charge in [-0.15, -0.1) is 0 Å². The number of aromatic amines is 1. The number of rotatable bonds is 16. The third-order valence-electron chi connectivity index (χ3n) is 4.52. The van der Waals surface area contributed by atoms with Crippen LogP contribution in [0.1, 0.15) is 101 Å². The van der Waals surface area contributed by atoms with Crippen molar-refractivity contribution < 1.29 is 18.7 Å². The Balaban J connectivity index is 1.99. The minimum absolute atomic E-state index is 0.0936. The quantitative estimate of drug-likeness (QED) is 0.270. The van der Waals surface area contributed by atoms with Crippen molar-refractivity contribution in [2.24, 2.45) is 0 Å². The van der Waals surface area contributed by atoms with Crippen LogP contribution in [0.15, 0.2) is 6.20 Å². The van der Waals surface area contributed by atoms with E-state index in [1.165, 1.54) is 70.4 Å². The van der Waals surface area contributed by atoms with Gasteiger partial charge in [-0.25, -0.2) is 9.18 Å². The van der Waals surface area contributed by atoms with Crippen LogP contribution in [0.3, 0.4) is 0 Å². The van der Waals surface area contributed by atoms with Crippen LogP contribution in [0, 0.1) is 5.82 Å². The summed E-state index contributed by atoms with van der Waals surface area (Å²) in [6.45, 7) is 4.62. The minimum atomic E-state index is -0.690. The van der Waals surface area contributed by atoms with Crippen molar-refractivity contribution in [2.75, 3.05) is 13.2 Å². The first-order chi connectivity index (χ1) is 12.7. The molecule has 0 saturated heterocycles. The van der Waals surface area contributed by atoms with E-state index in [1.807, 2.05) is 0 Å². The largest absolute Gasteiger partial charge is 0.489 e. The molecule has 1 aromatic heterocycles. The molecular formula is C21H36FNO3. The van der Waals surface area contributed by atoms with Crippen LogP contribution in [0.25, 0.3) is 0 Å². The summed E-state index contributed by atoms with van der Waals surface area (Å²) in [6.07, 6.45) is 16.7. The summed E-state index contributed by atoms with van der Waals surface area (Å²) < 4.78 is 24.2. The van der Waals surface area contributed by atoms with Gasteiger partial charge in [0, 0.05) is 6.20 Å². The number of carbonyl (C=O) groups excluding carboxylic acids is 1. The maximum Gasteiger partial charge on any atom is 0.357 e. The van der Waals surface area contributed by atoms with Gasteiger partial charge in [-0.3, -0.25) is 0 Å². The van der Waals surface area contributed by atoms with Crippen LogP contribution in [-0.2, 0) is 4.74 Å². The van der Waals surface area contributed by atoms with E-state index in [9.17, 15) is 9.18 Å². The van der Waals surface area contributed by atoms with Crippen molar-refractivity contribution in [3.8, 4) is 5.75 Å². The van der Waals surface area contributed by atoms with Crippen LogP contribution >= 0.6 is 0 Å². The lowest BCUT2D eigenvalue weighted by Gasteiger charge is -2.05. The Bertz CT molecular complexity index is 488. The third-order valence-corrected chi connectivity index (χ3v) is 4.52. The normalized spacial score (nSPS) is 10.9. The van der Waals surface area contributed by atoms with Gasteiger partial charge in [-0.2, -0.15) is 0 Å². The highest BCUT2D eigenvalue weighted by molar-refractivity contribution is 5.88. The molecule has 4 nitrogen and oxygen atoms in total.